The molecular formula is C18H19N3O2. The van der Waals surface area contributed by atoms with E-state index in [-0.39, 0.29) is 6.03 Å². The van der Waals surface area contributed by atoms with Gasteiger partial charge >= 0.3 is 6.03 Å². The highest BCUT2D eigenvalue weighted by Gasteiger charge is 2.02. The fourth-order valence-corrected chi connectivity index (χ4v) is 2.15. The molecular weight excluding hydrogens is 290 g/mol. The van der Waals surface area contributed by atoms with Crippen LogP contribution in [0.5, 0.6) is 5.75 Å². The van der Waals surface area contributed by atoms with Crippen LogP contribution in [0.2, 0.25) is 0 Å². The monoisotopic (exact) mass is 309 g/mol. The molecule has 0 atom stereocenters. The zero-order valence-corrected chi connectivity index (χ0v) is 13.2. The maximum atomic E-state index is 11.7. The van der Waals surface area contributed by atoms with E-state index in [9.17, 15) is 4.79 Å². The number of ether oxygens (including phenoxy) is 1. The number of amides is 2. The van der Waals surface area contributed by atoms with Gasteiger partial charge in [0.1, 0.15) is 12.4 Å². The number of urea groups is 1. The Labute approximate surface area is 135 Å². The highest BCUT2D eigenvalue weighted by molar-refractivity contribution is 5.89. The van der Waals surface area contributed by atoms with Crippen LogP contribution in [0.1, 0.15) is 16.7 Å². The second kappa shape index (κ2) is 7.85. The number of hydrogen-bond donors (Lipinski definition) is 2. The highest BCUT2D eigenvalue weighted by Crippen LogP contribution is 2.15. The van der Waals surface area contributed by atoms with Gasteiger partial charge in [-0.15, -0.1) is 0 Å². The topological polar surface area (TPSA) is 74.2 Å². The molecule has 0 unspecified atom stereocenters. The molecule has 2 N–H and O–H groups in total. The molecule has 0 spiro atoms. The molecule has 0 bridgehead atoms. The Bertz CT molecular complexity index is 698. The lowest BCUT2D eigenvalue weighted by molar-refractivity contribution is 0.247. The Morgan fingerprint density at radius 3 is 2.39 bits per heavy atom. The van der Waals surface area contributed by atoms with Crippen LogP contribution in [0.25, 0.3) is 0 Å². The minimum Gasteiger partial charge on any atom is -0.492 e. The van der Waals surface area contributed by atoms with Gasteiger partial charge in [-0.05, 0) is 61.4 Å². The summed E-state index contributed by atoms with van der Waals surface area (Å²) >= 11 is 0. The van der Waals surface area contributed by atoms with Crippen LogP contribution in [0.3, 0.4) is 0 Å². The Morgan fingerprint density at radius 2 is 1.78 bits per heavy atom. The maximum Gasteiger partial charge on any atom is 0.319 e. The molecule has 5 heteroatoms. The summed E-state index contributed by atoms with van der Waals surface area (Å²) in [6.07, 6.45) is 0. The zero-order chi connectivity index (χ0) is 16.7. The van der Waals surface area contributed by atoms with Gasteiger partial charge in [0.2, 0.25) is 0 Å². The molecule has 0 radical (unpaired) electrons. The predicted octanol–water partition coefficient (Wildman–Crippen LogP) is 3.38. The van der Waals surface area contributed by atoms with Gasteiger partial charge in [-0.2, -0.15) is 5.26 Å². The number of nitriles is 1. The SMILES string of the molecule is Cc1cc(C)cc(OCCNC(=O)Nc2ccc(C#N)cc2)c1. The number of nitrogens with zero attached hydrogens (tertiary/aromatic N) is 1. The maximum absolute atomic E-state index is 11.7. The number of anilines is 1. The van der Waals surface area contributed by atoms with Crippen molar-refractivity contribution in [2.75, 3.05) is 18.5 Å². The summed E-state index contributed by atoms with van der Waals surface area (Å²) in [6.45, 7) is 4.82. The van der Waals surface area contributed by atoms with Crippen LogP contribution in [0.15, 0.2) is 42.5 Å². The largest absolute Gasteiger partial charge is 0.492 e. The number of nitrogens with one attached hydrogen (secondary N) is 2. The molecule has 0 fully saturated rings. The van der Waals surface area contributed by atoms with Crippen molar-refractivity contribution in [2.24, 2.45) is 0 Å². The number of aryl methyl sites for hydroxylation is 2. The van der Waals surface area contributed by atoms with Gasteiger partial charge < -0.3 is 15.4 Å². The van der Waals surface area contributed by atoms with E-state index in [2.05, 4.69) is 16.7 Å². The van der Waals surface area contributed by atoms with E-state index in [0.717, 1.165) is 16.9 Å². The molecule has 0 aromatic heterocycles. The molecule has 0 aliphatic carbocycles. The minimum atomic E-state index is -0.307. The smallest absolute Gasteiger partial charge is 0.319 e. The number of benzene rings is 2. The molecule has 2 amide bonds. The van der Waals surface area contributed by atoms with E-state index in [1.54, 1.807) is 24.3 Å². The van der Waals surface area contributed by atoms with Gasteiger partial charge in [0.15, 0.2) is 0 Å². The summed E-state index contributed by atoms with van der Waals surface area (Å²) in [5.74, 6) is 0.803. The first kappa shape index (κ1) is 16.4. The molecule has 5 nitrogen and oxygen atoms in total. The first-order valence-electron chi connectivity index (χ1n) is 7.33. The van der Waals surface area contributed by atoms with Crippen LogP contribution in [0.4, 0.5) is 10.5 Å². The summed E-state index contributed by atoms with van der Waals surface area (Å²) in [5.41, 5.74) is 3.48. The fraction of sp³-hybridized carbons (Fsp3) is 0.222. The van der Waals surface area contributed by atoms with Crippen molar-refractivity contribution in [1.82, 2.24) is 5.32 Å². The van der Waals surface area contributed by atoms with Crippen molar-refractivity contribution in [1.29, 1.82) is 5.26 Å². The van der Waals surface area contributed by atoms with Crippen molar-refractivity contribution in [3.63, 3.8) is 0 Å². The third-order valence-corrected chi connectivity index (χ3v) is 3.12. The van der Waals surface area contributed by atoms with E-state index < -0.39 is 0 Å². The second-order valence-corrected chi connectivity index (χ2v) is 5.24. The van der Waals surface area contributed by atoms with Gasteiger partial charge in [0.25, 0.3) is 0 Å². The first-order chi connectivity index (χ1) is 11.1. The minimum absolute atomic E-state index is 0.307. The molecule has 0 heterocycles. The van der Waals surface area contributed by atoms with Gasteiger partial charge in [-0.3, -0.25) is 0 Å². The lowest BCUT2D eigenvalue weighted by Gasteiger charge is -2.10. The number of rotatable bonds is 5. The van der Waals surface area contributed by atoms with Gasteiger partial charge in [0.05, 0.1) is 18.2 Å². The van der Waals surface area contributed by atoms with E-state index in [1.807, 2.05) is 32.0 Å². The lowest BCUT2D eigenvalue weighted by Crippen LogP contribution is -2.32. The third kappa shape index (κ3) is 5.36. The molecule has 0 saturated heterocycles. The fourth-order valence-electron chi connectivity index (χ4n) is 2.15. The average molecular weight is 309 g/mol. The van der Waals surface area contributed by atoms with Crippen LogP contribution in [0, 0.1) is 25.2 Å². The van der Waals surface area contributed by atoms with Gasteiger partial charge in [-0.1, -0.05) is 6.07 Å². The molecule has 0 aliphatic heterocycles. The Kier molecular flexibility index (Phi) is 5.59. The van der Waals surface area contributed by atoms with Gasteiger partial charge in [0, 0.05) is 5.69 Å². The number of carbonyl (C=O) groups is 1. The summed E-state index contributed by atoms with van der Waals surface area (Å²) in [5, 5.41) is 14.1. The molecule has 118 valence electrons. The highest BCUT2D eigenvalue weighted by atomic mass is 16.5. The van der Waals surface area contributed by atoms with Crippen LogP contribution >= 0.6 is 0 Å². The van der Waals surface area contributed by atoms with Crippen LogP contribution in [-0.4, -0.2) is 19.2 Å². The molecule has 0 saturated carbocycles. The van der Waals surface area contributed by atoms with Crippen LogP contribution < -0.4 is 15.4 Å². The van der Waals surface area contributed by atoms with Crippen molar-refractivity contribution in [3.8, 4) is 11.8 Å². The summed E-state index contributed by atoms with van der Waals surface area (Å²) in [4.78, 5) is 11.7. The van der Waals surface area contributed by atoms with Crippen molar-refractivity contribution >= 4 is 11.7 Å². The van der Waals surface area contributed by atoms with Gasteiger partial charge in [-0.25, -0.2) is 4.79 Å². The molecule has 2 aromatic rings. The van der Waals surface area contributed by atoms with E-state index in [4.69, 9.17) is 10.00 Å². The molecule has 2 aromatic carbocycles. The standard InChI is InChI=1S/C18H19N3O2/c1-13-9-14(2)11-17(10-13)23-8-7-20-18(22)21-16-5-3-15(12-19)4-6-16/h3-6,9-11H,7-8H2,1-2H3,(H2,20,21,22). The second-order valence-electron chi connectivity index (χ2n) is 5.24. The van der Waals surface area contributed by atoms with E-state index in [1.165, 1.54) is 0 Å². The lowest BCUT2D eigenvalue weighted by atomic mass is 10.1. The molecule has 23 heavy (non-hydrogen) atoms. The van der Waals surface area contributed by atoms with Crippen molar-refractivity contribution < 1.29 is 9.53 Å². The summed E-state index contributed by atoms with van der Waals surface area (Å²) in [7, 11) is 0. The Balaban J connectivity index is 1.73. The normalized spacial score (nSPS) is 9.78. The number of carbonyl (C=O) groups excluding carboxylic acids is 1. The first-order valence-corrected chi connectivity index (χ1v) is 7.33. The average Bonchev–Trinajstić information content (AvgIpc) is 2.51. The van der Waals surface area contributed by atoms with Crippen molar-refractivity contribution in [2.45, 2.75) is 13.8 Å². The summed E-state index contributed by atoms with van der Waals surface area (Å²) in [6, 6.07) is 14.4. The zero-order valence-electron chi connectivity index (χ0n) is 13.2. The molecule has 2 rings (SSSR count). The van der Waals surface area contributed by atoms with E-state index >= 15 is 0 Å². The molecule has 0 aliphatic rings. The Morgan fingerprint density at radius 1 is 1.13 bits per heavy atom. The van der Waals surface area contributed by atoms with Crippen molar-refractivity contribution in [3.05, 3.63) is 59.2 Å². The van der Waals surface area contributed by atoms with E-state index in [0.29, 0.717) is 24.4 Å². The Hall–Kier alpha value is -3.00. The number of hydrogen-bond acceptors (Lipinski definition) is 3. The quantitative estimate of drug-likeness (QED) is 0.832. The third-order valence-electron chi connectivity index (χ3n) is 3.12. The van der Waals surface area contributed by atoms with Crippen LogP contribution in [-0.2, 0) is 0 Å². The summed E-state index contributed by atoms with van der Waals surface area (Å²) < 4.78 is 5.62. The predicted molar refractivity (Wildman–Crippen MR) is 89.6 cm³/mol.